The van der Waals surface area contributed by atoms with Gasteiger partial charge in [-0.1, -0.05) is 42.5 Å². The highest BCUT2D eigenvalue weighted by Gasteiger charge is 2.15. The number of hydrogen-bond donors (Lipinski definition) is 2. The van der Waals surface area contributed by atoms with E-state index in [4.69, 9.17) is 0 Å². The average molecular weight is 430 g/mol. The molecule has 6 nitrogen and oxygen atoms in total. The number of aryl methyl sites for hydroxylation is 1. The van der Waals surface area contributed by atoms with Crippen molar-refractivity contribution in [2.24, 2.45) is 0 Å². The van der Waals surface area contributed by atoms with Gasteiger partial charge in [0.15, 0.2) is 0 Å². The number of nitrogens with one attached hydrogen (secondary N) is 2. The van der Waals surface area contributed by atoms with Crippen LogP contribution in [-0.4, -0.2) is 21.4 Å². The highest BCUT2D eigenvalue weighted by molar-refractivity contribution is 5.95. The summed E-state index contributed by atoms with van der Waals surface area (Å²) in [5, 5.41) is 5.75. The number of benzene rings is 3. The smallest absolute Gasteiger partial charge is 0.251 e. The molecule has 4 rings (SSSR count). The van der Waals surface area contributed by atoms with Gasteiger partial charge < -0.3 is 15.2 Å². The molecule has 0 bridgehead atoms. The minimum absolute atomic E-state index is 0.0529. The molecule has 1 aromatic heterocycles. The fourth-order valence-electron chi connectivity index (χ4n) is 3.52. The zero-order valence-corrected chi connectivity index (χ0v) is 17.6. The summed E-state index contributed by atoms with van der Waals surface area (Å²) in [4.78, 5) is 29.9. The Balaban J connectivity index is 1.48. The number of imidazole rings is 1. The SMILES string of the molecule is Cc1ccccc1C(=O)NCc1nc2ccccc2n1CC(=O)NCc1ccc(F)cc1. The maximum atomic E-state index is 13.1. The van der Waals surface area contributed by atoms with Crippen molar-refractivity contribution in [2.75, 3.05) is 0 Å². The highest BCUT2D eigenvalue weighted by Crippen LogP contribution is 2.16. The highest BCUT2D eigenvalue weighted by atomic mass is 19.1. The molecular formula is C25H23FN4O2. The quantitative estimate of drug-likeness (QED) is 0.469. The van der Waals surface area contributed by atoms with Crippen molar-refractivity contribution in [3.8, 4) is 0 Å². The number of nitrogens with zero attached hydrogens (tertiary/aromatic N) is 2. The zero-order chi connectivity index (χ0) is 22.5. The lowest BCUT2D eigenvalue weighted by Crippen LogP contribution is -2.30. The average Bonchev–Trinajstić information content (AvgIpc) is 3.14. The molecule has 0 saturated carbocycles. The van der Waals surface area contributed by atoms with Gasteiger partial charge in [0.1, 0.15) is 18.2 Å². The summed E-state index contributed by atoms with van der Waals surface area (Å²) >= 11 is 0. The lowest BCUT2D eigenvalue weighted by Gasteiger charge is -2.11. The molecule has 1 heterocycles. The molecule has 7 heteroatoms. The van der Waals surface area contributed by atoms with Crippen LogP contribution in [0.25, 0.3) is 11.0 Å². The predicted octanol–water partition coefficient (Wildman–Crippen LogP) is 3.73. The van der Waals surface area contributed by atoms with E-state index in [0.717, 1.165) is 22.2 Å². The summed E-state index contributed by atoms with van der Waals surface area (Å²) in [5.74, 6) is -0.126. The first kappa shape index (κ1) is 21.2. The Labute approximate surface area is 185 Å². The Bertz CT molecular complexity index is 1260. The zero-order valence-electron chi connectivity index (χ0n) is 17.6. The molecule has 32 heavy (non-hydrogen) atoms. The van der Waals surface area contributed by atoms with Gasteiger partial charge in [0.2, 0.25) is 5.91 Å². The third-order valence-corrected chi connectivity index (χ3v) is 5.24. The van der Waals surface area contributed by atoms with Crippen LogP contribution in [0.2, 0.25) is 0 Å². The molecule has 2 N–H and O–H groups in total. The molecule has 162 valence electrons. The van der Waals surface area contributed by atoms with E-state index in [1.54, 1.807) is 22.8 Å². The van der Waals surface area contributed by atoms with Crippen LogP contribution in [0.5, 0.6) is 0 Å². The van der Waals surface area contributed by atoms with Crippen LogP contribution in [0.15, 0.2) is 72.8 Å². The lowest BCUT2D eigenvalue weighted by atomic mass is 10.1. The van der Waals surface area contributed by atoms with E-state index in [2.05, 4.69) is 15.6 Å². The minimum Gasteiger partial charge on any atom is -0.350 e. The van der Waals surface area contributed by atoms with E-state index in [-0.39, 0.29) is 30.7 Å². The van der Waals surface area contributed by atoms with E-state index >= 15 is 0 Å². The van der Waals surface area contributed by atoms with E-state index in [0.29, 0.717) is 17.9 Å². The number of carbonyl (C=O) groups is 2. The summed E-state index contributed by atoms with van der Waals surface area (Å²) in [6.45, 7) is 2.42. The molecule has 0 saturated heterocycles. The van der Waals surface area contributed by atoms with Crippen molar-refractivity contribution >= 4 is 22.8 Å². The predicted molar refractivity (Wildman–Crippen MR) is 120 cm³/mol. The van der Waals surface area contributed by atoms with Crippen molar-refractivity contribution in [1.29, 1.82) is 0 Å². The second kappa shape index (κ2) is 9.43. The van der Waals surface area contributed by atoms with Crippen molar-refractivity contribution < 1.29 is 14.0 Å². The maximum absolute atomic E-state index is 13.1. The van der Waals surface area contributed by atoms with Gasteiger partial charge in [-0.25, -0.2) is 9.37 Å². The summed E-state index contributed by atoms with van der Waals surface area (Å²) in [6.07, 6.45) is 0. The molecule has 3 aromatic carbocycles. The number of hydrogen-bond acceptors (Lipinski definition) is 3. The molecule has 0 aliphatic rings. The number of rotatable bonds is 7. The number of halogens is 1. The van der Waals surface area contributed by atoms with Gasteiger partial charge in [-0.05, 0) is 48.4 Å². The largest absolute Gasteiger partial charge is 0.350 e. The molecular weight excluding hydrogens is 407 g/mol. The summed E-state index contributed by atoms with van der Waals surface area (Å²) in [5.41, 5.74) is 3.86. The molecule has 0 spiro atoms. The van der Waals surface area contributed by atoms with Crippen LogP contribution in [-0.2, 0) is 24.4 Å². The first-order chi connectivity index (χ1) is 15.5. The fourth-order valence-corrected chi connectivity index (χ4v) is 3.52. The van der Waals surface area contributed by atoms with Crippen LogP contribution < -0.4 is 10.6 Å². The number of amides is 2. The minimum atomic E-state index is -0.317. The number of carbonyl (C=O) groups excluding carboxylic acids is 2. The molecule has 4 aromatic rings. The molecule has 0 atom stereocenters. The first-order valence-electron chi connectivity index (χ1n) is 10.3. The van der Waals surface area contributed by atoms with E-state index in [1.165, 1.54) is 12.1 Å². The van der Waals surface area contributed by atoms with E-state index < -0.39 is 0 Å². The van der Waals surface area contributed by atoms with Gasteiger partial charge in [-0.2, -0.15) is 0 Å². The van der Waals surface area contributed by atoms with Gasteiger partial charge in [0.25, 0.3) is 5.91 Å². The Kier molecular flexibility index (Phi) is 6.26. The van der Waals surface area contributed by atoms with Gasteiger partial charge in [0, 0.05) is 12.1 Å². The molecule has 0 aliphatic heterocycles. The second-order valence-corrected chi connectivity index (χ2v) is 7.50. The van der Waals surface area contributed by atoms with Gasteiger partial charge in [0.05, 0.1) is 17.6 Å². The van der Waals surface area contributed by atoms with Crippen LogP contribution in [0.4, 0.5) is 4.39 Å². The standard InChI is InChI=1S/C25H23FN4O2/c1-17-6-2-3-7-20(17)25(32)28-15-23-29-21-8-4-5-9-22(21)30(23)16-24(31)27-14-18-10-12-19(26)13-11-18/h2-13H,14-16H2,1H3,(H,27,31)(H,28,32). The van der Waals surface area contributed by atoms with Crippen LogP contribution in [0.3, 0.4) is 0 Å². The van der Waals surface area contributed by atoms with Gasteiger partial charge in [-0.3, -0.25) is 9.59 Å². The summed E-state index contributed by atoms with van der Waals surface area (Å²) in [7, 11) is 0. The Morgan fingerprint density at radius 2 is 1.62 bits per heavy atom. The third-order valence-electron chi connectivity index (χ3n) is 5.24. The number of aromatic nitrogens is 2. The lowest BCUT2D eigenvalue weighted by molar-refractivity contribution is -0.121. The van der Waals surface area contributed by atoms with E-state index in [1.807, 2.05) is 49.4 Å². The molecule has 0 unspecified atom stereocenters. The van der Waals surface area contributed by atoms with Crippen molar-refractivity contribution in [3.05, 3.63) is 101 Å². The van der Waals surface area contributed by atoms with Crippen LogP contribution in [0.1, 0.15) is 27.3 Å². The normalized spacial score (nSPS) is 10.8. The molecule has 2 amide bonds. The Hall–Kier alpha value is -4.00. The van der Waals surface area contributed by atoms with Crippen LogP contribution >= 0.6 is 0 Å². The summed E-state index contributed by atoms with van der Waals surface area (Å²) < 4.78 is 14.9. The first-order valence-corrected chi connectivity index (χ1v) is 10.3. The van der Waals surface area contributed by atoms with Crippen molar-refractivity contribution in [1.82, 2.24) is 20.2 Å². The van der Waals surface area contributed by atoms with Crippen molar-refractivity contribution in [2.45, 2.75) is 26.6 Å². The van der Waals surface area contributed by atoms with Crippen LogP contribution in [0, 0.1) is 12.7 Å². The fraction of sp³-hybridized carbons (Fsp3) is 0.160. The second-order valence-electron chi connectivity index (χ2n) is 7.50. The Morgan fingerprint density at radius 3 is 2.41 bits per heavy atom. The maximum Gasteiger partial charge on any atom is 0.251 e. The molecule has 0 radical (unpaired) electrons. The Morgan fingerprint density at radius 1 is 0.906 bits per heavy atom. The van der Waals surface area contributed by atoms with Crippen molar-refractivity contribution in [3.63, 3.8) is 0 Å². The summed E-state index contributed by atoms with van der Waals surface area (Å²) in [6, 6.07) is 20.9. The van der Waals surface area contributed by atoms with Gasteiger partial charge >= 0.3 is 0 Å². The monoisotopic (exact) mass is 430 g/mol. The molecule has 0 aliphatic carbocycles. The number of fused-ring (bicyclic) bond motifs is 1. The number of para-hydroxylation sites is 2. The molecule has 0 fully saturated rings. The van der Waals surface area contributed by atoms with Gasteiger partial charge in [-0.15, -0.1) is 0 Å². The topological polar surface area (TPSA) is 76.0 Å². The third kappa shape index (κ3) is 4.83. The van der Waals surface area contributed by atoms with E-state index in [9.17, 15) is 14.0 Å².